The van der Waals surface area contributed by atoms with Gasteiger partial charge in [0.2, 0.25) is 0 Å². The molecule has 2 aromatic carbocycles. The predicted octanol–water partition coefficient (Wildman–Crippen LogP) is 4.22. The number of methoxy groups -OCH3 is 1. The van der Waals surface area contributed by atoms with Crippen molar-refractivity contribution in [3.63, 3.8) is 0 Å². The molecule has 0 aliphatic carbocycles. The molecule has 2 aromatic rings. The summed E-state index contributed by atoms with van der Waals surface area (Å²) in [4.78, 5) is 10.1. The first-order valence-corrected chi connectivity index (χ1v) is 6.45. The maximum absolute atomic E-state index is 10.6. The molecule has 0 aliphatic heterocycles. The molecule has 21 heavy (non-hydrogen) atoms. The minimum absolute atomic E-state index is 0.00296. The Balaban J connectivity index is 2.16. The van der Waals surface area contributed by atoms with Gasteiger partial charge in [-0.05, 0) is 36.4 Å². The highest BCUT2D eigenvalue weighted by atomic mass is 35.5. The Labute approximate surface area is 126 Å². The first-order valence-electron chi connectivity index (χ1n) is 6.01. The number of halogens is 1. The SMILES string of the molecule is COc1ccc(/C(=C/Cl)Oc2ccc([N+](=O)[O-])cc2)cc1. The summed E-state index contributed by atoms with van der Waals surface area (Å²) in [5, 5.41) is 10.6. The Kier molecular flexibility index (Phi) is 4.79. The Morgan fingerprint density at radius 2 is 1.67 bits per heavy atom. The van der Waals surface area contributed by atoms with E-state index in [9.17, 15) is 10.1 Å². The highest BCUT2D eigenvalue weighted by Crippen LogP contribution is 2.25. The van der Waals surface area contributed by atoms with Gasteiger partial charge in [-0.3, -0.25) is 10.1 Å². The van der Waals surface area contributed by atoms with E-state index < -0.39 is 4.92 Å². The number of ether oxygens (including phenoxy) is 2. The van der Waals surface area contributed by atoms with Crippen LogP contribution in [-0.4, -0.2) is 12.0 Å². The molecule has 0 fully saturated rings. The number of non-ortho nitro benzene ring substituents is 1. The van der Waals surface area contributed by atoms with Crippen LogP contribution in [0.4, 0.5) is 5.69 Å². The number of nitro benzene ring substituents is 1. The Hall–Kier alpha value is -2.53. The van der Waals surface area contributed by atoms with E-state index in [1.54, 1.807) is 31.4 Å². The lowest BCUT2D eigenvalue weighted by Gasteiger charge is -2.10. The lowest BCUT2D eigenvalue weighted by Crippen LogP contribution is -1.95. The van der Waals surface area contributed by atoms with Crippen LogP contribution in [0, 0.1) is 10.1 Å². The van der Waals surface area contributed by atoms with Gasteiger partial charge in [-0.2, -0.15) is 0 Å². The van der Waals surface area contributed by atoms with Crippen LogP contribution in [0.2, 0.25) is 0 Å². The maximum Gasteiger partial charge on any atom is 0.269 e. The van der Waals surface area contributed by atoms with Gasteiger partial charge >= 0.3 is 0 Å². The average molecular weight is 306 g/mol. The summed E-state index contributed by atoms with van der Waals surface area (Å²) < 4.78 is 10.7. The van der Waals surface area contributed by atoms with Gasteiger partial charge in [0.25, 0.3) is 5.69 Å². The predicted molar refractivity (Wildman–Crippen MR) is 80.5 cm³/mol. The Bertz CT molecular complexity index is 650. The van der Waals surface area contributed by atoms with Gasteiger partial charge in [0.15, 0.2) is 0 Å². The lowest BCUT2D eigenvalue weighted by molar-refractivity contribution is -0.384. The van der Waals surface area contributed by atoms with Crippen LogP contribution < -0.4 is 9.47 Å². The standard InChI is InChI=1S/C15H12ClNO4/c1-20-13-6-2-11(3-7-13)15(10-16)21-14-8-4-12(5-9-14)17(18)19/h2-10H,1H3/b15-10-. The van der Waals surface area contributed by atoms with E-state index in [-0.39, 0.29) is 5.69 Å². The van der Waals surface area contributed by atoms with E-state index in [0.717, 1.165) is 11.3 Å². The van der Waals surface area contributed by atoms with Crippen molar-refractivity contribution >= 4 is 23.0 Å². The maximum atomic E-state index is 10.6. The molecule has 0 aromatic heterocycles. The summed E-state index contributed by atoms with van der Waals surface area (Å²) in [7, 11) is 1.58. The normalized spacial score (nSPS) is 11.0. The third-order valence-corrected chi connectivity index (χ3v) is 2.95. The lowest BCUT2D eigenvalue weighted by atomic mass is 10.2. The highest BCUT2D eigenvalue weighted by molar-refractivity contribution is 6.27. The van der Waals surface area contributed by atoms with E-state index in [2.05, 4.69) is 0 Å². The van der Waals surface area contributed by atoms with E-state index in [4.69, 9.17) is 21.1 Å². The summed E-state index contributed by atoms with van der Waals surface area (Å²) >= 11 is 5.78. The van der Waals surface area contributed by atoms with E-state index in [1.807, 2.05) is 0 Å². The second-order valence-electron chi connectivity index (χ2n) is 4.05. The molecular formula is C15H12ClNO4. The van der Waals surface area contributed by atoms with Crippen molar-refractivity contribution < 1.29 is 14.4 Å². The van der Waals surface area contributed by atoms with Crippen molar-refractivity contribution in [3.05, 3.63) is 69.7 Å². The second kappa shape index (κ2) is 6.76. The molecule has 0 spiro atoms. The quantitative estimate of drug-likeness (QED) is 0.471. The zero-order valence-electron chi connectivity index (χ0n) is 11.2. The molecule has 6 heteroatoms. The monoisotopic (exact) mass is 305 g/mol. The van der Waals surface area contributed by atoms with Crippen LogP contribution in [0.5, 0.6) is 11.5 Å². The molecule has 0 radical (unpaired) electrons. The van der Waals surface area contributed by atoms with Gasteiger partial charge in [-0.25, -0.2) is 0 Å². The van der Waals surface area contributed by atoms with Crippen molar-refractivity contribution in [1.29, 1.82) is 0 Å². The third-order valence-electron chi connectivity index (χ3n) is 2.75. The van der Waals surface area contributed by atoms with Crippen molar-refractivity contribution in [2.75, 3.05) is 7.11 Å². The Morgan fingerprint density at radius 3 is 2.14 bits per heavy atom. The third kappa shape index (κ3) is 3.73. The minimum atomic E-state index is -0.467. The molecular weight excluding hydrogens is 294 g/mol. The molecule has 2 rings (SSSR count). The minimum Gasteiger partial charge on any atom is -0.497 e. The van der Waals surface area contributed by atoms with Crippen molar-refractivity contribution in [1.82, 2.24) is 0 Å². The van der Waals surface area contributed by atoms with Crippen molar-refractivity contribution in [2.24, 2.45) is 0 Å². The zero-order chi connectivity index (χ0) is 15.2. The molecule has 0 bridgehead atoms. The molecule has 0 saturated heterocycles. The van der Waals surface area contributed by atoms with Gasteiger partial charge in [-0.15, -0.1) is 0 Å². The fourth-order valence-corrected chi connectivity index (χ4v) is 1.83. The molecule has 108 valence electrons. The van der Waals surface area contributed by atoms with Crippen LogP contribution in [0.15, 0.2) is 54.1 Å². The average Bonchev–Trinajstić information content (AvgIpc) is 2.53. The summed E-state index contributed by atoms with van der Waals surface area (Å²) in [6.07, 6.45) is 0. The van der Waals surface area contributed by atoms with Gasteiger partial charge in [0.1, 0.15) is 17.3 Å². The summed E-state index contributed by atoms with van der Waals surface area (Å²) in [6, 6.07) is 13.0. The molecule has 0 unspecified atom stereocenters. The topological polar surface area (TPSA) is 61.6 Å². The van der Waals surface area contributed by atoms with Crippen LogP contribution in [0.1, 0.15) is 5.56 Å². The molecule has 0 heterocycles. The number of hydrogen-bond donors (Lipinski definition) is 0. The molecule has 0 saturated carbocycles. The molecule has 0 amide bonds. The smallest absolute Gasteiger partial charge is 0.269 e. The summed E-state index contributed by atoms with van der Waals surface area (Å²) in [6.45, 7) is 0. The number of hydrogen-bond acceptors (Lipinski definition) is 4. The van der Waals surface area contributed by atoms with Gasteiger partial charge in [-0.1, -0.05) is 11.6 Å². The van der Waals surface area contributed by atoms with Gasteiger partial charge in [0, 0.05) is 23.2 Å². The number of nitro groups is 1. The molecule has 5 nitrogen and oxygen atoms in total. The van der Waals surface area contributed by atoms with E-state index in [1.165, 1.54) is 29.8 Å². The van der Waals surface area contributed by atoms with Crippen LogP contribution >= 0.6 is 11.6 Å². The Morgan fingerprint density at radius 1 is 1.10 bits per heavy atom. The second-order valence-corrected chi connectivity index (χ2v) is 4.27. The first-order chi connectivity index (χ1) is 10.1. The van der Waals surface area contributed by atoms with Crippen molar-refractivity contribution in [3.8, 4) is 11.5 Å². The number of benzene rings is 2. The summed E-state index contributed by atoms with van der Waals surface area (Å²) in [5.74, 6) is 1.62. The highest BCUT2D eigenvalue weighted by Gasteiger charge is 2.08. The largest absolute Gasteiger partial charge is 0.497 e. The van der Waals surface area contributed by atoms with Crippen LogP contribution in [0.25, 0.3) is 5.76 Å². The number of nitrogens with zero attached hydrogens (tertiary/aromatic N) is 1. The number of rotatable bonds is 5. The van der Waals surface area contributed by atoms with Crippen LogP contribution in [-0.2, 0) is 0 Å². The van der Waals surface area contributed by atoms with E-state index >= 15 is 0 Å². The molecule has 0 N–H and O–H groups in total. The fourth-order valence-electron chi connectivity index (χ4n) is 1.66. The molecule has 0 atom stereocenters. The van der Waals surface area contributed by atoms with Crippen LogP contribution in [0.3, 0.4) is 0 Å². The van der Waals surface area contributed by atoms with Gasteiger partial charge in [0.05, 0.1) is 12.0 Å². The summed E-state index contributed by atoms with van der Waals surface area (Å²) in [5.41, 5.74) is 2.08. The van der Waals surface area contributed by atoms with Gasteiger partial charge < -0.3 is 9.47 Å². The zero-order valence-corrected chi connectivity index (χ0v) is 11.9. The first kappa shape index (κ1) is 14.9. The fraction of sp³-hybridized carbons (Fsp3) is 0.0667. The van der Waals surface area contributed by atoms with E-state index in [0.29, 0.717) is 11.5 Å². The molecule has 0 aliphatic rings. The van der Waals surface area contributed by atoms with Crippen molar-refractivity contribution in [2.45, 2.75) is 0 Å².